The van der Waals surface area contributed by atoms with E-state index in [0.717, 1.165) is 5.56 Å². The van der Waals surface area contributed by atoms with Crippen molar-refractivity contribution >= 4 is 11.9 Å². The zero-order valence-electron chi connectivity index (χ0n) is 14.4. The maximum atomic E-state index is 10.5. The van der Waals surface area contributed by atoms with Gasteiger partial charge in [0.2, 0.25) is 0 Å². The van der Waals surface area contributed by atoms with Crippen molar-refractivity contribution in [3.8, 4) is 0 Å². The molecule has 3 heteroatoms. The Morgan fingerprint density at radius 1 is 1.08 bits per heavy atom. The van der Waals surface area contributed by atoms with Crippen LogP contribution in [0.5, 0.6) is 0 Å². The molecule has 0 aliphatic carbocycles. The minimum atomic E-state index is 0. The molecule has 0 N–H and O–H groups in total. The van der Waals surface area contributed by atoms with Crippen LogP contribution in [-0.4, -0.2) is 12.9 Å². The van der Waals surface area contributed by atoms with Gasteiger partial charge in [-0.2, -0.15) is 12.1 Å². The first-order valence-corrected chi connectivity index (χ1v) is 7.91. The van der Waals surface area contributed by atoms with Crippen LogP contribution in [0.3, 0.4) is 0 Å². The largest absolute Gasteiger partial charge is 0.718 e. The van der Waals surface area contributed by atoms with E-state index >= 15 is 0 Å². The molecule has 3 aromatic rings. The van der Waals surface area contributed by atoms with Crippen LogP contribution in [-0.2, 0) is 21.8 Å². The third kappa shape index (κ3) is 7.06. The van der Waals surface area contributed by atoms with E-state index in [2.05, 4.69) is 36.4 Å². The zero-order valence-corrected chi connectivity index (χ0v) is 15.5. The van der Waals surface area contributed by atoms with Crippen LogP contribution >= 0.6 is 0 Å². The fourth-order valence-electron chi connectivity index (χ4n) is 2.28. The Labute approximate surface area is 160 Å². The molecule has 3 rings (SSSR count). The molecule has 0 aliphatic rings. The van der Waals surface area contributed by atoms with Crippen molar-refractivity contribution in [2.75, 3.05) is 7.11 Å². The van der Waals surface area contributed by atoms with E-state index in [1.807, 2.05) is 54.6 Å². The van der Waals surface area contributed by atoms with Crippen molar-refractivity contribution in [2.24, 2.45) is 0 Å². The van der Waals surface area contributed by atoms with E-state index in [1.165, 1.54) is 11.1 Å². The molecule has 0 saturated heterocycles. The van der Waals surface area contributed by atoms with Gasteiger partial charge in [0.1, 0.15) is 0 Å². The first-order chi connectivity index (χ1) is 11.7. The number of methoxy groups -OCH3 is 1. The van der Waals surface area contributed by atoms with Gasteiger partial charge >= 0.3 is 0 Å². The third-order valence-electron chi connectivity index (χ3n) is 3.60. The summed E-state index contributed by atoms with van der Waals surface area (Å²) in [5.41, 5.74) is 3.18. The topological polar surface area (TPSA) is 26.3 Å². The number of ether oxygens (including phenoxy) is 1. The molecule has 0 amide bonds. The van der Waals surface area contributed by atoms with Crippen molar-refractivity contribution in [1.82, 2.24) is 0 Å². The fraction of sp³-hybridized carbons (Fsp3) is 0.136. The summed E-state index contributed by atoms with van der Waals surface area (Å²) in [5, 5.41) is 0. The number of hydrogen-bond donors (Lipinski definition) is 0. The standard InChI is InChI=1S/C15H15O.C7H7O.Fe/c1-16-15(14-9-5-6-10-14)12-11-13-7-3-2-4-8-13;1-6(8)7-4-2-3-5-7;/h2-12,15H,1H3;2-5H,1H3;/q-1;-5;. The minimum absolute atomic E-state index is 0. The van der Waals surface area contributed by atoms with E-state index in [9.17, 15) is 4.79 Å². The Morgan fingerprint density at radius 2 is 1.68 bits per heavy atom. The Hall–Kier alpha value is -2.19. The second-order valence-corrected chi connectivity index (χ2v) is 5.37. The van der Waals surface area contributed by atoms with E-state index < -0.39 is 0 Å². The summed E-state index contributed by atoms with van der Waals surface area (Å²) in [6.07, 6.45) is 4.20. The number of carbonyl (C=O) groups excluding carboxylic acids is 1. The van der Waals surface area contributed by atoms with Gasteiger partial charge in [-0.1, -0.05) is 42.5 Å². The SMILES string of the molecule is CC(=O)[c-]1[cH-][cH-][cH-][cH-]1.COC(C=Cc1ccccc1)[c-]1cccc1.[Fe]. The molecule has 136 valence electrons. The molecular weight excluding hydrogens is 352 g/mol. The predicted octanol–water partition coefficient (Wildman–Crippen LogP) is 5.41. The zero-order chi connectivity index (χ0) is 17.2. The van der Waals surface area contributed by atoms with Crippen LogP contribution in [0.4, 0.5) is 0 Å². The molecule has 1 unspecified atom stereocenters. The van der Waals surface area contributed by atoms with Gasteiger partial charge in [-0.05, 0) is 5.56 Å². The van der Waals surface area contributed by atoms with Crippen LogP contribution in [0.1, 0.15) is 34.5 Å². The van der Waals surface area contributed by atoms with E-state index in [1.54, 1.807) is 14.0 Å². The first kappa shape index (κ1) is 20.9. The van der Waals surface area contributed by atoms with E-state index in [-0.39, 0.29) is 29.0 Å². The summed E-state index contributed by atoms with van der Waals surface area (Å²) >= 11 is 0. The van der Waals surface area contributed by atoms with Crippen LogP contribution in [0.2, 0.25) is 0 Å². The number of hydrogen-bond acceptors (Lipinski definition) is 2. The van der Waals surface area contributed by atoms with Gasteiger partial charge in [0, 0.05) is 24.2 Å². The molecule has 25 heavy (non-hydrogen) atoms. The predicted molar refractivity (Wildman–Crippen MR) is 99.3 cm³/mol. The second-order valence-electron chi connectivity index (χ2n) is 5.37. The Balaban J connectivity index is 0.000000295. The molecule has 0 aliphatic heterocycles. The van der Waals surface area contributed by atoms with Crippen molar-refractivity contribution < 1.29 is 26.6 Å². The molecule has 0 aromatic heterocycles. The van der Waals surface area contributed by atoms with Crippen LogP contribution in [0, 0.1) is 0 Å². The van der Waals surface area contributed by atoms with Gasteiger partial charge in [-0.15, -0.1) is 12.5 Å². The molecule has 0 radical (unpaired) electrons. The molecular formula is C22H22FeO2-6. The summed E-state index contributed by atoms with van der Waals surface area (Å²) in [6, 6.07) is 25.8. The number of Topliss-reactive ketones (excluding diaryl/α,β-unsaturated/α-hetero) is 1. The maximum absolute atomic E-state index is 10.5. The molecule has 0 spiro atoms. The van der Waals surface area contributed by atoms with Crippen molar-refractivity contribution in [3.63, 3.8) is 0 Å². The molecule has 3 aromatic carbocycles. The summed E-state index contributed by atoms with van der Waals surface area (Å²) in [6.45, 7) is 1.56. The minimum Gasteiger partial charge on any atom is -0.718 e. The van der Waals surface area contributed by atoms with Crippen molar-refractivity contribution in [1.29, 1.82) is 0 Å². The Morgan fingerprint density at radius 3 is 2.16 bits per heavy atom. The summed E-state index contributed by atoms with van der Waals surface area (Å²) in [5.74, 6) is 0.134. The monoisotopic (exact) mass is 374 g/mol. The molecule has 1 atom stereocenters. The smallest absolute Gasteiger partial charge is 0.0567 e. The first-order valence-electron chi connectivity index (χ1n) is 7.91. The summed E-state index contributed by atoms with van der Waals surface area (Å²) in [4.78, 5) is 10.5. The summed E-state index contributed by atoms with van der Waals surface area (Å²) < 4.78 is 5.43. The quantitative estimate of drug-likeness (QED) is 0.339. The van der Waals surface area contributed by atoms with Gasteiger partial charge in [0.15, 0.2) is 0 Å². The van der Waals surface area contributed by atoms with Crippen molar-refractivity contribution in [3.05, 3.63) is 102 Å². The van der Waals surface area contributed by atoms with Crippen LogP contribution in [0.25, 0.3) is 6.08 Å². The number of rotatable bonds is 5. The third-order valence-corrected chi connectivity index (χ3v) is 3.60. The number of benzene rings is 1. The summed E-state index contributed by atoms with van der Waals surface area (Å²) in [7, 11) is 1.73. The number of ketones is 1. The molecule has 0 fully saturated rings. The van der Waals surface area contributed by atoms with Gasteiger partial charge in [0.05, 0.1) is 6.10 Å². The molecule has 0 heterocycles. The molecule has 0 saturated carbocycles. The van der Waals surface area contributed by atoms with Gasteiger partial charge in [-0.25, -0.2) is 12.1 Å². The average Bonchev–Trinajstić information content (AvgIpc) is 3.31. The maximum Gasteiger partial charge on any atom is 0.0567 e. The second kappa shape index (κ2) is 11.4. The van der Waals surface area contributed by atoms with E-state index in [4.69, 9.17) is 4.74 Å². The van der Waals surface area contributed by atoms with E-state index in [0.29, 0.717) is 0 Å². The molecule has 2 nitrogen and oxygen atoms in total. The van der Waals surface area contributed by atoms with Crippen molar-refractivity contribution in [2.45, 2.75) is 13.0 Å². The van der Waals surface area contributed by atoms with Gasteiger partial charge < -0.3 is 39.4 Å². The van der Waals surface area contributed by atoms with Crippen LogP contribution in [0.15, 0.2) is 84.9 Å². The molecule has 0 bridgehead atoms. The van der Waals surface area contributed by atoms with Gasteiger partial charge in [-0.3, -0.25) is 5.78 Å². The Bertz CT molecular complexity index is 726. The normalized spacial score (nSPS) is 11.3. The van der Waals surface area contributed by atoms with Crippen LogP contribution < -0.4 is 0 Å². The average molecular weight is 374 g/mol. The number of carbonyl (C=O) groups is 1. The fourth-order valence-corrected chi connectivity index (χ4v) is 2.28. The Kier molecular flexibility index (Phi) is 9.49. The van der Waals surface area contributed by atoms with Gasteiger partial charge in [0.25, 0.3) is 0 Å².